The lowest BCUT2D eigenvalue weighted by Gasteiger charge is -2.34. The Morgan fingerprint density at radius 3 is 2.32 bits per heavy atom. The summed E-state index contributed by atoms with van der Waals surface area (Å²) in [5, 5.41) is 2.72. The van der Waals surface area contributed by atoms with E-state index in [2.05, 4.69) is 5.32 Å². The van der Waals surface area contributed by atoms with Crippen molar-refractivity contribution in [2.24, 2.45) is 5.73 Å². The molecule has 2 aliphatic rings. The van der Waals surface area contributed by atoms with Crippen molar-refractivity contribution in [3.8, 4) is 0 Å². The first-order valence-corrected chi connectivity index (χ1v) is 10.7. The van der Waals surface area contributed by atoms with Crippen molar-refractivity contribution in [3.63, 3.8) is 0 Å². The Labute approximate surface area is 164 Å². The average Bonchev–Trinajstić information content (AvgIpc) is 3.11. The van der Waals surface area contributed by atoms with E-state index in [-0.39, 0.29) is 23.0 Å². The van der Waals surface area contributed by atoms with E-state index in [0.717, 1.165) is 0 Å². The Balaban J connectivity index is 1.69. The van der Waals surface area contributed by atoms with Crippen LogP contribution in [0.15, 0.2) is 29.2 Å². The molecule has 3 atom stereocenters. The van der Waals surface area contributed by atoms with Gasteiger partial charge in [0, 0.05) is 25.3 Å². The maximum atomic E-state index is 12.9. The molecule has 0 unspecified atom stereocenters. The molecule has 0 radical (unpaired) electrons. The highest BCUT2D eigenvalue weighted by Gasteiger charge is 2.34. The molecule has 3 N–H and O–H groups in total. The summed E-state index contributed by atoms with van der Waals surface area (Å²) in [6.07, 6.45) is 0.928. The van der Waals surface area contributed by atoms with Gasteiger partial charge in [0.2, 0.25) is 15.9 Å². The maximum Gasteiger partial charge on any atom is 0.315 e. The third-order valence-corrected chi connectivity index (χ3v) is 6.83. The molecule has 2 heterocycles. The number of nitrogens with one attached hydrogen (secondary N) is 1. The van der Waals surface area contributed by atoms with E-state index >= 15 is 0 Å². The zero-order chi connectivity index (χ0) is 20.5. The predicted octanol–water partition coefficient (Wildman–Crippen LogP) is 0.966. The summed E-state index contributed by atoms with van der Waals surface area (Å²) in [5.41, 5.74) is 5.77. The highest BCUT2D eigenvalue weighted by molar-refractivity contribution is 7.89. The number of rotatable bonds is 4. The standard InChI is InChI=1S/C18H26N4O5S/c1-12-10-21(11-13(2)27-12)28(25,26)15-7-5-14(6-8-15)20-17(23)16-4-3-9-22(16)18(19)24/h5-8,12-13,16H,3-4,9-11H2,1-2H3,(H2,19,24)(H,20,23)/t12-,13-,16-/m0/s1. The van der Waals surface area contributed by atoms with Crippen LogP contribution in [-0.4, -0.2) is 67.4 Å². The van der Waals surface area contributed by atoms with Gasteiger partial charge in [0.25, 0.3) is 0 Å². The highest BCUT2D eigenvalue weighted by atomic mass is 32.2. The van der Waals surface area contributed by atoms with Gasteiger partial charge < -0.3 is 20.7 Å². The van der Waals surface area contributed by atoms with E-state index in [4.69, 9.17) is 10.5 Å². The number of likely N-dealkylation sites (tertiary alicyclic amines) is 1. The zero-order valence-corrected chi connectivity index (χ0v) is 16.8. The summed E-state index contributed by atoms with van der Waals surface area (Å²) < 4.78 is 32.7. The van der Waals surface area contributed by atoms with Crippen LogP contribution in [0.3, 0.4) is 0 Å². The number of amides is 3. The number of hydrogen-bond donors (Lipinski definition) is 2. The minimum Gasteiger partial charge on any atom is -0.373 e. The number of benzene rings is 1. The summed E-state index contributed by atoms with van der Waals surface area (Å²) in [7, 11) is -3.64. The second kappa shape index (κ2) is 8.06. The first-order valence-electron chi connectivity index (χ1n) is 9.31. The molecule has 2 aliphatic heterocycles. The lowest BCUT2D eigenvalue weighted by Crippen LogP contribution is -2.48. The van der Waals surface area contributed by atoms with Crippen LogP contribution in [0.2, 0.25) is 0 Å². The highest BCUT2D eigenvalue weighted by Crippen LogP contribution is 2.23. The lowest BCUT2D eigenvalue weighted by molar-refractivity contribution is -0.119. The number of carbonyl (C=O) groups excluding carboxylic acids is 2. The molecule has 1 aromatic carbocycles. The molecule has 0 bridgehead atoms. The topological polar surface area (TPSA) is 122 Å². The van der Waals surface area contributed by atoms with Crippen molar-refractivity contribution < 1.29 is 22.7 Å². The fraction of sp³-hybridized carbons (Fsp3) is 0.556. The number of primary amides is 1. The van der Waals surface area contributed by atoms with Crippen LogP contribution in [0.4, 0.5) is 10.5 Å². The molecule has 10 heteroatoms. The summed E-state index contributed by atoms with van der Waals surface area (Å²) in [4.78, 5) is 25.3. The van der Waals surface area contributed by atoms with Crippen molar-refractivity contribution in [3.05, 3.63) is 24.3 Å². The Morgan fingerprint density at radius 1 is 1.14 bits per heavy atom. The molecule has 3 amide bonds. The average molecular weight is 410 g/mol. The SMILES string of the molecule is C[C@H]1CN(S(=O)(=O)c2ccc(NC(=O)[C@@H]3CCCN3C(N)=O)cc2)C[C@H](C)O1. The molecule has 1 aromatic rings. The van der Waals surface area contributed by atoms with Gasteiger partial charge in [-0.05, 0) is 51.0 Å². The minimum atomic E-state index is -3.64. The number of nitrogens with two attached hydrogens (primary N) is 1. The fourth-order valence-corrected chi connectivity index (χ4v) is 5.31. The van der Waals surface area contributed by atoms with Crippen LogP contribution in [0.5, 0.6) is 0 Å². The molecule has 0 saturated carbocycles. The second-order valence-corrected chi connectivity index (χ2v) is 9.22. The summed E-state index contributed by atoms with van der Waals surface area (Å²) in [6.45, 7) is 4.75. The van der Waals surface area contributed by atoms with Gasteiger partial charge in [-0.15, -0.1) is 0 Å². The normalized spacial score (nSPS) is 26.2. The third-order valence-electron chi connectivity index (χ3n) is 4.98. The number of anilines is 1. The van der Waals surface area contributed by atoms with Crippen molar-refractivity contribution in [2.45, 2.75) is 49.8 Å². The molecule has 154 valence electrons. The predicted molar refractivity (Wildman–Crippen MR) is 103 cm³/mol. The van der Waals surface area contributed by atoms with Crippen LogP contribution in [-0.2, 0) is 19.6 Å². The number of carbonyl (C=O) groups is 2. The van der Waals surface area contributed by atoms with E-state index in [9.17, 15) is 18.0 Å². The molecular formula is C18H26N4O5S. The Bertz CT molecular complexity index is 832. The van der Waals surface area contributed by atoms with Gasteiger partial charge in [-0.25, -0.2) is 13.2 Å². The number of sulfonamides is 1. The third kappa shape index (κ3) is 4.29. The molecular weight excluding hydrogens is 384 g/mol. The van der Waals surface area contributed by atoms with Crippen LogP contribution in [0.25, 0.3) is 0 Å². The molecule has 3 rings (SSSR count). The van der Waals surface area contributed by atoms with Gasteiger partial charge in [0.15, 0.2) is 0 Å². The van der Waals surface area contributed by atoms with E-state index in [1.807, 2.05) is 13.8 Å². The van der Waals surface area contributed by atoms with Crippen molar-refractivity contribution >= 4 is 27.6 Å². The summed E-state index contributed by atoms with van der Waals surface area (Å²) >= 11 is 0. The number of nitrogens with zero attached hydrogens (tertiary/aromatic N) is 2. The van der Waals surface area contributed by atoms with Gasteiger partial charge in [0.05, 0.1) is 17.1 Å². The lowest BCUT2D eigenvalue weighted by atomic mass is 10.2. The number of morpholine rings is 1. The molecule has 0 spiro atoms. The number of hydrogen-bond acceptors (Lipinski definition) is 5. The summed E-state index contributed by atoms with van der Waals surface area (Å²) in [6, 6.07) is 4.81. The first-order chi connectivity index (χ1) is 13.2. The van der Waals surface area contributed by atoms with Crippen LogP contribution < -0.4 is 11.1 Å². The van der Waals surface area contributed by atoms with Crippen LogP contribution in [0.1, 0.15) is 26.7 Å². The summed E-state index contributed by atoms with van der Waals surface area (Å²) in [5.74, 6) is -0.331. The van der Waals surface area contributed by atoms with E-state index < -0.39 is 22.1 Å². The van der Waals surface area contributed by atoms with Crippen molar-refractivity contribution in [1.29, 1.82) is 0 Å². The molecule has 28 heavy (non-hydrogen) atoms. The monoisotopic (exact) mass is 410 g/mol. The number of ether oxygens (including phenoxy) is 1. The zero-order valence-electron chi connectivity index (χ0n) is 16.0. The maximum absolute atomic E-state index is 12.9. The molecule has 2 saturated heterocycles. The smallest absolute Gasteiger partial charge is 0.315 e. The van der Waals surface area contributed by atoms with Gasteiger partial charge >= 0.3 is 6.03 Å². The second-order valence-electron chi connectivity index (χ2n) is 7.28. The largest absolute Gasteiger partial charge is 0.373 e. The molecule has 0 aromatic heterocycles. The van der Waals surface area contributed by atoms with Crippen LogP contribution >= 0.6 is 0 Å². The Kier molecular flexibility index (Phi) is 5.92. The molecule has 2 fully saturated rings. The van der Waals surface area contributed by atoms with Gasteiger partial charge in [0.1, 0.15) is 6.04 Å². The van der Waals surface area contributed by atoms with E-state index in [0.29, 0.717) is 38.2 Å². The van der Waals surface area contributed by atoms with Gasteiger partial charge in [-0.3, -0.25) is 4.79 Å². The molecule has 9 nitrogen and oxygen atoms in total. The van der Waals surface area contributed by atoms with E-state index in [1.165, 1.54) is 21.3 Å². The van der Waals surface area contributed by atoms with Gasteiger partial charge in [-0.2, -0.15) is 4.31 Å². The first kappa shape index (κ1) is 20.6. The quantitative estimate of drug-likeness (QED) is 0.766. The minimum absolute atomic E-state index is 0.159. The number of urea groups is 1. The Morgan fingerprint density at radius 2 is 1.75 bits per heavy atom. The van der Waals surface area contributed by atoms with Gasteiger partial charge in [-0.1, -0.05) is 0 Å². The fourth-order valence-electron chi connectivity index (χ4n) is 3.71. The van der Waals surface area contributed by atoms with E-state index in [1.54, 1.807) is 12.1 Å². The Hall–Kier alpha value is -2.17. The van der Waals surface area contributed by atoms with Crippen molar-refractivity contribution in [2.75, 3.05) is 25.0 Å². The van der Waals surface area contributed by atoms with Crippen molar-refractivity contribution in [1.82, 2.24) is 9.21 Å². The van der Waals surface area contributed by atoms with Crippen LogP contribution in [0, 0.1) is 0 Å². The molecule has 0 aliphatic carbocycles.